The molecule has 0 aromatic heterocycles. The van der Waals surface area contributed by atoms with Crippen LogP contribution in [0.5, 0.6) is 0 Å². The molecule has 2 amide bonds. The number of hydrogen-bond acceptors (Lipinski definition) is 6. The van der Waals surface area contributed by atoms with Gasteiger partial charge in [-0.2, -0.15) is 0 Å². The van der Waals surface area contributed by atoms with Crippen molar-refractivity contribution < 1.29 is 19.1 Å². The molecule has 0 spiro atoms. The van der Waals surface area contributed by atoms with Gasteiger partial charge in [0, 0.05) is 42.8 Å². The molecule has 1 N–H and O–H groups in total. The molecule has 1 aliphatic heterocycles. The summed E-state index contributed by atoms with van der Waals surface area (Å²) in [4.78, 5) is 42.4. The lowest BCUT2D eigenvalue weighted by Gasteiger charge is -2.37. The number of anilines is 1. The first-order valence-corrected chi connectivity index (χ1v) is 12.3. The molecule has 1 aliphatic carbocycles. The number of hydrogen-bond donors (Lipinski definition) is 1. The average Bonchev–Trinajstić information content (AvgIpc) is 3.67. The first-order chi connectivity index (χ1) is 16.0. The van der Waals surface area contributed by atoms with Crippen LogP contribution >= 0.6 is 11.8 Å². The maximum Gasteiger partial charge on any atom is 0.340 e. The summed E-state index contributed by atoms with van der Waals surface area (Å²) < 4.78 is 5.53. The van der Waals surface area contributed by atoms with E-state index in [-0.39, 0.29) is 17.6 Å². The lowest BCUT2D eigenvalue weighted by molar-refractivity contribution is -0.140. The smallest absolute Gasteiger partial charge is 0.340 e. The van der Waals surface area contributed by atoms with Crippen LogP contribution in [-0.2, 0) is 14.3 Å². The zero-order valence-corrected chi connectivity index (χ0v) is 19.6. The molecule has 4 rings (SSSR count). The van der Waals surface area contributed by atoms with Gasteiger partial charge in [-0.15, -0.1) is 11.8 Å². The summed E-state index contributed by atoms with van der Waals surface area (Å²) in [5, 5.41) is 2.94. The average molecular weight is 468 g/mol. The Labute approximate surface area is 198 Å². The quantitative estimate of drug-likeness (QED) is 0.475. The van der Waals surface area contributed by atoms with Gasteiger partial charge in [0.2, 0.25) is 5.91 Å². The number of esters is 1. The number of rotatable bonds is 8. The molecule has 2 aromatic rings. The molecule has 7 nitrogen and oxygen atoms in total. The number of nitrogens with one attached hydrogen (secondary N) is 1. The standard InChI is InChI=1S/C25H29N3O4S/c1-18(24(30)28-15-13-27(14-16-28)20-7-3-2-4-8-20)32-25(31)21-9-5-6-10-22(21)33-17-23(29)26-19-11-12-19/h2-10,18-19H,11-17H2,1H3,(H,26,29). The molecule has 0 radical (unpaired) electrons. The highest BCUT2D eigenvalue weighted by Crippen LogP contribution is 2.25. The lowest BCUT2D eigenvalue weighted by atomic mass is 10.2. The minimum Gasteiger partial charge on any atom is -0.449 e. The molecule has 2 fully saturated rings. The van der Waals surface area contributed by atoms with Crippen LogP contribution in [0.3, 0.4) is 0 Å². The van der Waals surface area contributed by atoms with Gasteiger partial charge in [0.25, 0.3) is 5.91 Å². The van der Waals surface area contributed by atoms with Crippen LogP contribution in [0, 0.1) is 0 Å². The maximum absolute atomic E-state index is 12.9. The zero-order chi connectivity index (χ0) is 23.2. The number of piperazine rings is 1. The van der Waals surface area contributed by atoms with E-state index < -0.39 is 12.1 Å². The highest BCUT2D eigenvalue weighted by atomic mass is 32.2. The Morgan fingerprint density at radius 2 is 1.67 bits per heavy atom. The minimum absolute atomic E-state index is 0.0381. The first-order valence-electron chi connectivity index (χ1n) is 11.3. The zero-order valence-electron chi connectivity index (χ0n) is 18.7. The third kappa shape index (κ3) is 6.28. The molecular formula is C25H29N3O4S. The van der Waals surface area contributed by atoms with E-state index in [2.05, 4.69) is 22.3 Å². The van der Waals surface area contributed by atoms with Crippen LogP contribution in [0.4, 0.5) is 5.69 Å². The van der Waals surface area contributed by atoms with E-state index in [0.717, 1.165) is 31.6 Å². The van der Waals surface area contributed by atoms with E-state index in [9.17, 15) is 14.4 Å². The van der Waals surface area contributed by atoms with E-state index >= 15 is 0 Å². The predicted molar refractivity (Wildman–Crippen MR) is 128 cm³/mol. The number of carbonyl (C=O) groups is 3. The van der Waals surface area contributed by atoms with Crippen LogP contribution in [0.2, 0.25) is 0 Å². The Bertz CT molecular complexity index is 988. The van der Waals surface area contributed by atoms with Crippen LogP contribution < -0.4 is 10.2 Å². The number of benzene rings is 2. The summed E-state index contributed by atoms with van der Waals surface area (Å²) in [6, 6.07) is 17.5. The van der Waals surface area contributed by atoms with Crippen molar-refractivity contribution in [3.63, 3.8) is 0 Å². The van der Waals surface area contributed by atoms with Crippen molar-refractivity contribution in [2.75, 3.05) is 36.8 Å². The number of amides is 2. The molecule has 0 bridgehead atoms. The van der Waals surface area contributed by atoms with E-state index in [1.165, 1.54) is 11.8 Å². The fourth-order valence-electron chi connectivity index (χ4n) is 3.76. The second-order valence-electron chi connectivity index (χ2n) is 8.32. The second kappa shape index (κ2) is 10.7. The largest absolute Gasteiger partial charge is 0.449 e. The van der Waals surface area contributed by atoms with Gasteiger partial charge in [0.15, 0.2) is 6.10 Å². The molecule has 33 heavy (non-hydrogen) atoms. The summed E-state index contributed by atoms with van der Waals surface area (Å²) in [7, 11) is 0. The van der Waals surface area contributed by atoms with Crippen molar-refractivity contribution in [2.24, 2.45) is 0 Å². The monoisotopic (exact) mass is 467 g/mol. The summed E-state index contributed by atoms with van der Waals surface area (Å²) >= 11 is 1.30. The Hall–Kier alpha value is -3.00. The van der Waals surface area contributed by atoms with Gasteiger partial charge in [-0.05, 0) is 44.0 Å². The van der Waals surface area contributed by atoms with Crippen molar-refractivity contribution in [1.82, 2.24) is 10.2 Å². The predicted octanol–water partition coefficient (Wildman–Crippen LogP) is 2.95. The molecule has 174 valence electrons. The van der Waals surface area contributed by atoms with E-state index in [4.69, 9.17) is 4.74 Å². The molecule has 2 aliphatic rings. The molecule has 1 saturated carbocycles. The number of carbonyl (C=O) groups excluding carboxylic acids is 3. The topological polar surface area (TPSA) is 78.9 Å². The van der Waals surface area contributed by atoms with E-state index in [1.807, 2.05) is 24.3 Å². The Morgan fingerprint density at radius 3 is 2.36 bits per heavy atom. The van der Waals surface area contributed by atoms with Crippen LogP contribution in [-0.4, -0.2) is 66.8 Å². The summed E-state index contributed by atoms with van der Waals surface area (Å²) in [5.41, 5.74) is 1.51. The fourth-order valence-corrected chi connectivity index (χ4v) is 4.61. The van der Waals surface area contributed by atoms with Gasteiger partial charge in [-0.3, -0.25) is 9.59 Å². The van der Waals surface area contributed by atoms with Gasteiger partial charge in [-0.25, -0.2) is 4.79 Å². The van der Waals surface area contributed by atoms with Gasteiger partial charge in [0.05, 0.1) is 11.3 Å². The van der Waals surface area contributed by atoms with Gasteiger partial charge < -0.3 is 19.9 Å². The maximum atomic E-state index is 12.9. The van der Waals surface area contributed by atoms with E-state index in [1.54, 1.807) is 30.0 Å². The summed E-state index contributed by atoms with van der Waals surface area (Å²) in [6.07, 6.45) is 1.19. The SMILES string of the molecule is CC(OC(=O)c1ccccc1SCC(=O)NC1CC1)C(=O)N1CCN(c2ccccc2)CC1. The Kier molecular flexibility index (Phi) is 7.54. The fraction of sp³-hybridized carbons (Fsp3) is 0.400. The lowest BCUT2D eigenvalue weighted by Crippen LogP contribution is -2.51. The van der Waals surface area contributed by atoms with Gasteiger partial charge in [0.1, 0.15) is 0 Å². The van der Waals surface area contributed by atoms with Crippen LogP contribution in [0.1, 0.15) is 30.1 Å². The van der Waals surface area contributed by atoms with Crippen molar-refractivity contribution in [3.05, 3.63) is 60.2 Å². The highest BCUT2D eigenvalue weighted by molar-refractivity contribution is 8.00. The normalized spacial score (nSPS) is 16.8. The van der Waals surface area contributed by atoms with Crippen LogP contribution in [0.15, 0.2) is 59.5 Å². The third-order valence-corrected chi connectivity index (χ3v) is 6.83. The molecular weight excluding hydrogens is 438 g/mol. The van der Waals surface area contributed by atoms with Crippen molar-refractivity contribution >= 4 is 35.2 Å². The Morgan fingerprint density at radius 1 is 1.00 bits per heavy atom. The number of para-hydroxylation sites is 1. The number of ether oxygens (including phenoxy) is 1. The van der Waals surface area contributed by atoms with Crippen molar-refractivity contribution in [1.29, 1.82) is 0 Å². The van der Waals surface area contributed by atoms with Gasteiger partial charge in [-0.1, -0.05) is 30.3 Å². The molecule has 1 unspecified atom stereocenters. The Balaban J connectivity index is 1.29. The van der Waals surface area contributed by atoms with Crippen molar-refractivity contribution in [2.45, 2.75) is 36.8 Å². The number of thioether (sulfide) groups is 1. The van der Waals surface area contributed by atoms with Crippen molar-refractivity contribution in [3.8, 4) is 0 Å². The van der Waals surface area contributed by atoms with Crippen LogP contribution in [0.25, 0.3) is 0 Å². The van der Waals surface area contributed by atoms with E-state index in [0.29, 0.717) is 29.6 Å². The second-order valence-corrected chi connectivity index (χ2v) is 9.34. The summed E-state index contributed by atoms with van der Waals surface area (Å²) in [5.74, 6) is -0.542. The number of nitrogens with zero attached hydrogens (tertiary/aromatic N) is 2. The highest BCUT2D eigenvalue weighted by Gasteiger charge is 2.28. The summed E-state index contributed by atoms with van der Waals surface area (Å²) in [6.45, 7) is 4.25. The first kappa shape index (κ1) is 23.2. The van der Waals surface area contributed by atoms with Gasteiger partial charge >= 0.3 is 5.97 Å². The molecule has 8 heteroatoms. The molecule has 2 aromatic carbocycles. The molecule has 1 atom stereocenters. The minimum atomic E-state index is -0.878. The third-order valence-electron chi connectivity index (χ3n) is 5.75. The molecule has 1 heterocycles. The molecule has 1 saturated heterocycles.